The van der Waals surface area contributed by atoms with Crippen molar-refractivity contribution < 1.29 is 21.6 Å². The molecule has 33 heavy (non-hydrogen) atoms. The normalized spacial score (nSPS) is 12.0. The number of nitrogens with one attached hydrogen (secondary N) is 2. The summed E-state index contributed by atoms with van der Waals surface area (Å²) in [5, 5.41) is 2.27. The highest BCUT2D eigenvalue weighted by molar-refractivity contribution is 7.92. The Morgan fingerprint density at radius 2 is 1.55 bits per heavy atom. The first-order chi connectivity index (χ1) is 15.5. The van der Waals surface area contributed by atoms with Crippen LogP contribution in [0.4, 0.5) is 30.5 Å². The van der Waals surface area contributed by atoms with Gasteiger partial charge < -0.3 is 5.32 Å². The maximum atomic E-state index is 13.3. The summed E-state index contributed by atoms with van der Waals surface area (Å²) in [4.78, 5) is 8.70. The van der Waals surface area contributed by atoms with E-state index in [1.54, 1.807) is 43.3 Å². The van der Waals surface area contributed by atoms with Gasteiger partial charge in [-0.05, 0) is 55.0 Å². The van der Waals surface area contributed by atoms with Crippen molar-refractivity contribution in [3.05, 3.63) is 82.9 Å². The van der Waals surface area contributed by atoms with Gasteiger partial charge in [-0.3, -0.25) is 4.72 Å². The van der Waals surface area contributed by atoms with Gasteiger partial charge in [0.25, 0.3) is 10.0 Å². The average Bonchev–Trinajstić information content (AvgIpc) is 2.74. The number of nitrogens with zero attached hydrogens (tertiary/aromatic N) is 2. The number of para-hydroxylation sites is 2. The smallest absolute Gasteiger partial charge is 0.337 e. The Morgan fingerprint density at radius 1 is 0.879 bits per heavy atom. The minimum atomic E-state index is -4.67. The summed E-state index contributed by atoms with van der Waals surface area (Å²) in [6.07, 6.45) is -4.67. The molecule has 2 N–H and O–H groups in total. The zero-order chi connectivity index (χ0) is 23.8. The summed E-state index contributed by atoms with van der Waals surface area (Å²) in [7, 11) is -4.05. The van der Waals surface area contributed by atoms with Crippen LogP contribution in [0.3, 0.4) is 0 Å². The second kappa shape index (κ2) is 8.53. The van der Waals surface area contributed by atoms with E-state index in [-0.39, 0.29) is 22.2 Å². The van der Waals surface area contributed by atoms with Crippen LogP contribution >= 0.6 is 11.6 Å². The number of alkyl halides is 3. The van der Waals surface area contributed by atoms with Gasteiger partial charge in [0.15, 0.2) is 11.6 Å². The van der Waals surface area contributed by atoms with Crippen LogP contribution in [0.2, 0.25) is 5.02 Å². The molecule has 3 aromatic carbocycles. The number of anilines is 3. The van der Waals surface area contributed by atoms with Crippen molar-refractivity contribution in [1.29, 1.82) is 0 Å². The molecule has 6 nitrogen and oxygen atoms in total. The number of sulfonamides is 1. The molecule has 0 radical (unpaired) electrons. The standard InChI is InChI=1S/C22H16ClF3N4O2S/c1-13-5-4-6-15(11-13)33(31,32)30-21-20(28-18-7-2-3-8-19(18)29-21)27-14-9-10-17(23)16(12-14)22(24,25)26/h2-12H,1H3,(H,27,28)(H,29,30). The van der Waals surface area contributed by atoms with Crippen molar-refractivity contribution in [3.8, 4) is 0 Å². The predicted octanol–water partition coefficient (Wildman–Crippen LogP) is 6.15. The van der Waals surface area contributed by atoms with Gasteiger partial charge in [-0.25, -0.2) is 18.4 Å². The van der Waals surface area contributed by atoms with Crippen molar-refractivity contribution in [1.82, 2.24) is 9.97 Å². The fourth-order valence-electron chi connectivity index (χ4n) is 3.08. The summed E-state index contributed by atoms with van der Waals surface area (Å²) < 4.78 is 68.1. The van der Waals surface area contributed by atoms with Crippen LogP contribution in [0.5, 0.6) is 0 Å². The van der Waals surface area contributed by atoms with E-state index in [0.29, 0.717) is 11.0 Å². The largest absolute Gasteiger partial charge is 0.417 e. The number of hydrogen-bond acceptors (Lipinski definition) is 5. The van der Waals surface area contributed by atoms with E-state index in [2.05, 4.69) is 20.0 Å². The number of hydrogen-bond donors (Lipinski definition) is 2. The Morgan fingerprint density at radius 3 is 2.18 bits per heavy atom. The predicted molar refractivity (Wildman–Crippen MR) is 121 cm³/mol. The third kappa shape index (κ3) is 5.01. The molecule has 0 spiro atoms. The van der Waals surface area contributed by atoms with Gasteiger partial charge in [0.1, 0.15) is 0 Å². The van der Waals surface area contributed by atoms with Crippen LogP contribution in [0.15, 0.2) is 71.6 Å². The van der Waals surface area contributed by atoms with Crippen LogP contribution in [0, 0.1) is 6.92 Å². The molecule has 0 amide bonds. The lowest BCUT2D eigenvalue weighted by Gasteiger charge is -2.15. The molecule has 0 unspecified atom stereocenters. The van der Waals surface area contributed by atoms with E-state index in [4.69, 9.17) is 11.6 Å². The van der Waals surface area contributed by atoms with Gasteiger partial charge in [0, 0.05) is 5.69 Å². The lowest BCUT2D eigenvalue weighted by atomic mass is 10.2. The summed E-state index contributed by atoms with van der Waals surface area (Å²) in [6, 6.07) is 16.2. The molecule has 170 valence electrons. The molecule has 1 aromatic heterocycles. The van der Waals surface area contributed by atoms with Gasteiger partial charge in [0.05, 0.1) is 26.5 Å². The summed E-state index contributed by atoms with van der Waals surface area (Å²) in [5.74, 6) is -0.237. The van der Waals surface area contributed by atoms with E-state index in [9.17, 15) is 21.6 Å². The van der Waals surface area contributed by atoms with Gasteiger partial charge in [0.2, 0.25) is 0 Å². The molecule has 11 heteroatoms. The first-order valence-corrected chi connectivity index (χ1v) is 11.4. The van der Waals surface area contributed by atoms with Crippen LogP contribution in [-0.4, -0.2) is 18.4 Å². The molecule has 0 bridgehead atoms. The maximum absolute atomic E-state index is 13.3. The highest BCUT2D eigenvalue weighted by Crippen LogP contribution is 2.37. The fraction of sp³-hybridized carbons (Fsp3) is 0.0909. The summed E-state index contributed by atoms with van der Waals surface area (Å²) >= 11 is 5.69. The van der Waals surface area contributed by atoms with Crippen LogP contribution in [0.25, 0.3) is 11.0 Å². The second-order valence-corrected chi connectivity index (χ2v) is 9.24. The second-order valence-electron chi connectivity index (χ2n) is 7.15. The molecule has 0 saturated carbocycles. The highest BCUT2D eigenvalue weighted by atomic mass is 35.5. The SMILES string of the molecule is Cc1cccc(S(=O)(=O)Nc2nc3ccccc3nc2Nc2ccc(Cl)c(C(F)(F)F)c2)c1. The average molecular weight is 493 g/mol. The van der Waals surface area contributed by atoms with Gasteiger partial charge >= 0.3 is 6.18 Å². The molecule has 4 aromatic rings. The van der Waals surface area contributed by atoms with Crippen LogP contribution in [0.1, 0.15) is 11.1 Å². The topological polar surface area (TPSA) is 84.0 Å². The Labute approximate surface area is 192 Å². The Balaban J connectivity index is 1.79. The van der Waals surface area contributed by atoms with Crippen LogP contribution < -0.4 is 10.0 Å². The monoisotopic (exact) mass is 492 g/mol. The molecule has 1 heterocycles. The lowest BCUT2D eigenvalue weighted by Crippen LogP contribution is -2.16. The number of fused-ring (bicyclic) bond motifs is 1. The van der Waals surface area contributed by atoms with Crippen molar-refractivity contribution in [3.63, 3.8) is 0 Å². The van der Waals surface area contributed by atoms with Gasteiger partial charge in [-0.2, -0.15) is 13.2 Å². The zero-order valence-electron chi connectivity index (χ0n) is 17.0. The Kier molecular flexibility index (Phi) is 5.89. The number of rotatable bonds is 5. The van der Waals surface area contributed by atoms with Crippen molar-refractivity contribution in [2.45, 2.75) is 18.0 Å². The molecule has 0 atom stereocenters. The molecule has 0 aliphatic heterocycles. The number of aryl methyl sites for hydroxylation is 1. The molecule has 0 aliphatic carbocycles. The van der Waals surface area contributed by atoms with E-state index in [1.807, 2.05) is 0 Å². The summed E-state index contributed by atoms with van der Waals surface area (Å²) in [6.45, 7) is 1.75. The number of benzene rings is 3. The molecule has 0 aliphatic rings. The minimum absolute atomic E-state index is 0.00677. The maximum Gasteiger partial charge on any atom is 0.417 e. The molecular formula is C22H16ClF3N4O2S. The quantitative estimate of drug-likeness (QED) is 0.349. The van der Waals surface area contributed by atoms with Gasteiger partial charge in [-0.15, -0.1) is 0 Å². The van der Waals surface area contributed by atoms with Crippen molar-refractivity contribution in [2.24, 2.45) is 0 Å². The van der Waals surface area contributed by atoms with E-state index >= 15 is 0 Å². The van der Waals surface area contributed by atoms with Crippen LogP contribution in [-0.2, 0) is 16.2 Å². The van der Waals surface area contributed by atoms with E-state index in [1.165, 1.54) is 18.2 Å². The molecule has 0 saturated heterocycles. The third-order valence-electron chi connectivity index (χ3n) is 4.64. The third-order valence-corrected chi connectivity index (χ3v) is 6.30. The van der Waals surface area contributed by atoms with E-state index in [0.717, 1.165) is 17.7 Å². The molecular weight excluding hydrogens is 477 g/mol. The van der Waals surface area contributed by atoms with Crippen molar-refractivity contribution >= 4 is 50.0 Å². The summed E-state index contributed by atoms with van der Waals surface area (Å²) in [5.41, 5.74) is 0.527. The van der Waals surface area contributed by atoms with Crippen molar-refractivity contribution in [2.75, 3.05) is 10.0 Å². The molecule has 4 rings (SSSR count). The van der Waals surface area contributed by atoms with E-state index < -0.39 is 26.8 Å². The van der Waals surface area contributed by atoms with Gasteiger partial charge in [-0.1, -0.05) is 35.9 Å². The Bertz CT molecular complexity index is 1460. The number of aromatic nitrogens is 2. The molecule has 0 fully saturated rings. The minimum Gasteiger partial charge on any atom is -0.337 e. The lowest BCUT2D eigenvalue weighted by molar-refractivity contribution is -0.137. The first-order valence-electron chi connectivity index (χ1n) is 9.53. The Hall–Kier alpha value is -3.37. The highest BCUT2D eigenvalue weighted by Gasteiger charge is 2.33. The zero-order valence-corrected chi connectivity index (χ0v) is 18.6. The fourth-order valence-corrected chi connectivity index (χ4v) is 4.42. The number of halogens is 4. The first kappa shape index (κ1) is 22.8.